The van der Waals surface area contributed by atoms with E-state index >= 15 is 0 Å². The highest BCUT2D eigenvalue weighted by Gasteiger charge is 2.21. The van der Waals surface area contributed by atoms with Gasteiger partial charge in [-0.15, -0.1) is 0 Å². The molecule has 5 nitrogen and oxygen atoms in total. The molecular weight excluding hydrogens is 316 g/mol. The molecule has 0 aliphatic rings. The molecule has 0 saturated carbocycles. The minimum Gasteiger partial charge on any atom is -0.497 e. The average molecular weight is 338 g/mol. The van der Waals surface area contributed by atoms with E-state index in [4.69, 9.17) is 9.15 Å². The molecule has 0 spiro atoms. The third-order valence-corrected chi connectivity index (χ3v) is 3.81. The highest BCUT2D eigenvalue weighted by atomic mass is 16.5. The number of carbonyl (C=O) groups is 1. The number of methoxy groups -OCH3 is 1. The normalized spacial score (nSPS) is 11.5. The second kappa shape index (κ2) is 6.59. The van der Waals surface area contributed by atoms with Crippen molar-refractivity contribution in [3.05, 3.63) is 53.9 Å². The SMILES string of the molecule is COc1cccc(CC(=O)Nc2ccc3oc(C(C)(C)C)nc3c2)c1. The number of nitrogens with zero attached hydrogens (tertiary/aromatic N) is 1. The van der Waals surface area contributed by atoms with Crippen LogP contribution < -0.4 is 10.1 Å². The van der Waals surface area contributed by atoms with Crippen LogP contribution in [0.4, 0.5) is 5.69 Å². The van der Waals surface area contributed by atoms with E-state index in [1.54, 1.807) is 7.11 Å². The van der Waals surface area contributed by atoms with Gasteiger partial charge in [-0.05, 0) is 35.9 Å². The van der Waals surface area contributed by atoms with Gasteiger partial charge in [-0.3, -0.25) is 4.79 Å². The molecule has 1 aromatic heterocycles. The van der Waals surface area contributed by atoms with Crippen molar-refractivity contribution < 1.29 is 13.9 Å². The Bertz CT molecular complexity index is 907. The summed E-state index contributed by atoms with van der Waals surface area (Å²) in [5.41, 5.74) is 2.90. The Morgan fingerprint density at radius 3 is 2.72 bits per heavy atom. The molecule has 3 rings (SSSR count). The Morgan fingerprint density at radius 2 is 2.00 bits per heavy atom. The van der Waals surface area contributed by atoms with E-state index in [1.807, 2.05) is 42.5 Å². The van der Waals surface area contributed by atoms with Crippen LogP contribution in [0.25, 0.3) is 11.1 Å². The average Bonchev–Trinajstić information content (AvgIpc) is 2.98. The third-order valence-electron chi connectivity index (χ3n) is 3.81. The fourth-order valence-corrected chi connectivity index (χ4v) is 2.50. The molecule has 2 aromatic carbocycles. The Hall–Kier alpha value is -2.82. The van der Waals surface area contributed by atoms with Crippen molar-refractivity contribution in [2.24, 2.45) is 0 Å². The van der Waals surface area contributed by atoms with E-state index in [9.17, 15) is 4.79 Å². The number of oxazole rings is 1. The molecule has 0 saturated heterocycles. The van der Waals surface area contributed by atoms with Crippen LogP contribution in [0, 0.1) is 0 Å². The number of nitrogens with one attached hydrogen (secondary N) is 1. The molecule has 3 aromatic rings. The van der Waals surface area contributed by atoms with E-state index in [1.165, 1.54) is 0 Å². The van der Waals surface area contributed by atoms with Crippen LogP contribution in [0.1, 0.15) is 32.2 Å². The lowest BCUT2D eigenvalue weighted by molar-refractivity contribution is -0.115. The van der Waals surface area contributed by atoms with Crippen LogP contribution in [0.3, 0.4) is 0 Å². The standard InChI is InChI=1S/C20H22N2O3/c1-20(2,3)19-22-16-12-14(8-9-17(16)25-19)21-18(23)11-13-6-5-7-15(10-13)24-4/h5-10,12H,11H2,1-4H3,(H,21,23). The number of hydrogen-bond acceptors (Lipinski definition) is 4. The molecule has 1 heterocycles. The molecule has 1 amide bonds. The number of rotatable bonds is 4. The van der Waals surface area contributed by atoms with Crippen molar-refractivity contribution in [3.8, 4) is 5.75 Å². The van der Waals surface area contributed by atoms with E-state index in [2.05, 4.69) is 31.1 Å². The van der Waals surface area contributed by atoms with Gasteiger partial charge in [0.15, 0.2) is 5.58 Å². The van der Waals surface area contributed by atoms with E-state index in [0.29, 0.717) is 11.6 Å². The molecule has 0 atom stereocenters. The lowest BCUT2D eigenvalue weighted by atomic mass is 9.97. The van der Waals surface area contributed by atoms with Crippen molar-refractivity contribution >= 4 is 22.7 Å². The maximum atomic E-state index is 12.3. The van der Waals surface area contributed by atoms with Crippen molar-refractivity contribution in [2.45, 2.75) is 32.6 Å². The van der Waals surface area contributed by atoms with Gasteiger partial charge in [0.1, 0.15) is 11.3 Å². The zero-order valence-electron chi connectivity index (χ0n) is 14.9. The molecule has 5 heteroatoms. The zero-order chi connectivity index (χ0) is 18.0. The number of benzene rings is 2. The molecule has 0 fully saturated rings. The van der Waals surface area contributed by atoms with E-state index in [-0.39, 0.29) is 17.7 Å². The van der Waals surface area contributed by atoms with Gasteiger partial charge < -0.3 is 14.5 Å². The number of hydrogen-bond donors (Lipinski definition) is 1. The largest absolute Gasteiger partial charge is 0.497 e. The number of ether oxygens (including phenoxy) is 1. The first-order chi connectivity index (χ1) is 11.8. The number of aromatic nitrogens is 1. The Kier molecular flexibility index (Phi) is 4.49. The highest BCUT2D eigenvalue weighted by Crippen LogP contribution is 2.27. The second-order valence-electron chi connectivity index (χ2n) is 7.03. The van der Waals surface area contributed by atoms with Gasteiger partial charge in [-0.25, -0.2) is 4.98 Å². The maximum Gasteiger partial charge on any atom is 0.228 e. The summed E-state index contributed by atoms with van der Waals surface area (Å²) in [4.78, 5) is 16.8. The van der Waals surface area contributed by atoms with Crippen LogP contribution >= 0.6 is 0 Å². The van der Waals surface area contributed by atoms with Crippen molar-refractivity contribution in [3.63, 3.8) is 0 Å². The second-order valence-corrected chi connectivity index (χ2v) is 7.03. The van der Waals surface area contributed by atoms with Gasteiger partial charge in [0, 0.05) is 11.1 Å². The zero-order valence-corrected chi connectivity index (χ0v) is 14.9. The molecule has 0 aliphatic carbocycles. The minimum absolute atomic E-state index is 0.0906. The van der Waals surface area contributed by atoms with E-state index < -0.39 is 0 Å². The number of carbonyl (C=O) groups excluding carboxylic acids is 1. The van der Waals surface area contributed by atoms with Gasteiger partial charge >= 0.3 is 0 Å². The summed E-state index contributed by atoms with van der Waals surface area (Å²) in [6.07, 6.45) is 0.279. The van der Waals surface area contributed by atoms with Gasteiger partial charge in [-0.2, -0.15) is 0 Å². The van der Waals surface area contributed by atoms with Gasteiger partial charge in [0.25, 0.3) is 0 Å². The van der Waals surface area contributed by atoms with Crippen LogP contribution in [-0.4, -0.2) is 18.0 Å². The number of fused-ring (bicyclic) bond motifs is 1. The summed E-state index contributed by atoms with van der Waals surface area (Å²) in [5.74, 6) is 1.33. The topological polar surface area (TPSA) is 64.4 Å². The summed E-state index contributed by atoms with van der Waals surface area (Å²) in [7, 11) is 1.61. The Labute approximate surface area is 147 Å². The fraction of sp³-hybridized carbons (Fsp3) is 0.300. The smallest absolute Gasteiger partial charge is 0.228 e. The van der Waals surface area contributed by atoms with Gasteiger partial charge in [-0.1, -0.05) is 32.9 Å². The summed E-state index contributed by atoms with van der Waals surface area (Å²) in [6.45, 7) is 6.15. The predicted molar refractivity (Wildman–Crippen MR) is 98.0 cm³/mol. The third kappa shape index (κ3) is 3.99. The molecule has 0 bridgehead atoms. The van der Waals surface area contributed by atoms with Crippen molar-refractivity contribution in [1.82, 2.24) is 4.98 Å². The molecule has 1 N–H and O–H groups in total. The summed E-state index contributed by atoms with van der Waals surface area (Å²) < 4.78 is 11.0. The van der Waals surface area contributed by atoms with Gasteiger partial charge in [0.2, 0.25) is 11.8 Å². The Morgan fingerprint density at radius 1 is 1.20 bits per heavy atom. The first kappa shape index (κ1) is 17.0. The first-order valence-corrected chi connectivity index (χ1v) is 8.19. The minimum atomic E-state index is -0.158. The van der Waals surface area contributed by atoms with Crippen LogP contribution in [-0.2, 0) is 16.6 Å². The van der Waals surface area contributed by atoms with Crippen LogP contribution in [0.15, 0.2) is 46.9 Å². The van der Waals surface area contributed by atoms with Crippen LogP contribution in [0.2, 0.25) is 0 Å². The first-order valence-electron chi connectivity index (χ1n) is 8.19. The predicted octanol–water partition coefficient (Wildman–Crippen LogP) is 4.32. The number of anilines is 1. The molecule has 25 heavy (non-hydrogen) atoms. The fourth-order valence-electron chi connectivity index (χ4n) is 2.50. The monoisotopic (exact) mass is 338 g/mol. The maximum absolute atomic E-state index is 12.3. The van der Waals surface area contributed by atoms with Gasteiger partial charge in [0.05, 0.1) is 13.5 Å². The molecule has 130 valence electrons. The lowest BCUT2D eigenvalue weighted by Gasteiger charge is -2.11. The van der Waals surface area contributed by atoms with Crippen molar-refractivity contribution in [1.29, 1.82) is 0 Å². The van der Waals surface area contributed by atoms with Crippen molar-refractivity contribution in [2.75, 3.05) is 12.4 Å². The molecule has 0 unspecified atom stereocenters. The summed E-state index contributed by atoms with van der Waals surface area (Å²) in [5, 5.41) is 2.91. The molecule has 0 radical (unpaired) electrons. The molecule has 0 aliphatic heterocycles. The van der Waals surface area contributed by atoms with Crippen LogP contribution in [0.5, 0.6) is 5.75 Å². The number of amides is 1. The summed E-state index contributed by atoms with van der Waals surface area (Å²) in [6, 6.07) is 13.0. The lowest BCUT2D eigenvalue weighted by Crippen LogP contribution is -2.14. The van der Waals surface area contributed by atoms with E-state index in [0.717, 1.165) is 22.4 Å². The Balaban J connectivity index is 1.74. The molecular formula is C20H22N2O3. The quantitative estimate of drug-likeness (QED) is 0.769. The summed E-state index contributed by atoms with van der Waals surface area (Å²) >= 11 is 0. The highest BCUT2D eigenvalue weighted by molar-refractivity contribution is 5.94.